The molecule has 0 radical (unpaired) electrons. The molecule has 104 valence electrons. The Morgan fingerprint density at radius 3 is 2.95 bits per heavy atom. The van der Waals surface area contributed by atoms with Crippen LogP contribution >= 0.6 is 0 Å². The number of carbonyl (C=O) groups is 1. The third-order valence-corrected chi connectivity index (χ3v) is 3.60. The molecule has 1 aromatic rings. The van der Waals surface area contributed by atoms with Crippen molar-refractivity contribution < 1.29 is 9.18 Å². The van der Waals surface area contributed by atoms with Gasteiger partial charge in [0.05, 0.1) is 11.3 Å². The van der Waals surface area contributed by atoms with E-state index in [1.54, 1.807) is 12.1 Å². The molecule has 1 unspecified atom stereocenters. The van der Waals surface area contributed by atoms with Crippen LogP contribution in [0, 0.1) is 5.82 Å². The zero-order valence-corrected chi connectivity index (χ0v) is 11.2. The van der Waals surface area contributed by atoms with Crippen LogP contribution in [-0.2, 0) is 0 Å². The lowest BCUT2D eigenvalue weighted by molar-refractivity contribution is 0.0997. The Morgan fingerprint density at radius 1 is 1.58 bits per heavy atom. The van der Waals surface area contributed by atoms with Crippen molar-refractivity contribution in [2.75, 3.05) is 24.5 Å². The van der Waals surface area contributed by atoms with Gasteiger partial charge in [0.15, 0.2) is 0 Å². The average molecular weight is 265 g/mol. The van der Waals surface area contributed by atoms with E-state index in [0.29, 0.717) is 5.69 Å². The molecule has 1 aliphatic rings. The second-order valence-corrected chi connectivity index (χ2v) is 4.78. The van der Waals surface area contributed by atoms with Gasteiger partial charge >= 0.3 is 0 Å². The number of primary amides is 1. The summed E-state index contributed by atoms with van der Waals surface area (Å²) in [5.41, 5.74) is 5.91. The minimum Gasteiger partial charge on any atom is -0.367 e. The maximum atomic E-state index is 13.8. The number of carbonyl (C=O) groups excluding carboxylic acids is 1. The second-order valence-electron chi connectivity index (χ2n) is 4.78. The number of anilines is 1. The Morgan fingerprint density at radius 2 is 2.37 bits per heavy atom. The number of hydrogen-bond acceptors (Lipinski definition) is 3. The van der Waals surface area contributed by atoms with Crippen molar-refractivity contribution in [1.82, 2.24) is 5.32 Å². The Balaban J connectivity index is 2.37. The van der Waals surface area contributed by atoms with Gasteiger partial charge in [0, 0.05) is 19.1 Å². The van der Waals surface area contributed by atoms with E-state index in [1.165, 1.54) is 6.07 Å². The summed E-state index contributed by atoms with van der Waals surface area (Å²) in [6.07, 6.45) is 2.12. The highest BCUT2D eigenvalue weighted by molar-refractivity contribution is 5.99. The molecule has 1 heterocycles. The van der Waals surface area contributed by atoms with Crippen molar-refractivity contribution in [3.05, 3.63) is 29.6 Å². The van der Waals surface area contributed by atoms with Crippen LogP contribution in [0.15, 0.2) is 18.2 Å². The summed E-state index contributed by atoms with van der Waals surface area (Å²) in [5.74, 6) is -1.26. The average Bonchev–Trinajstić information content (AvgIpc) is 2.40. The van der Waals surface area contributed by atoms with Gasteiger partial charge in [-0.25, -0.2) is 4.39 Å². The number of nitrogens with zero attached hydrogens (tertiary/aromatic N) is 1. The van der Waals surface area contributed by atoms with Gasteiger partial charge in [0.1, 0.15) is 5.82 Å². The monoisotopic (exact) mass is 265 g/mol. The number of likely N-dealkylation sites (N-methyl/N-ethyl adjacent to an activating group) is 1. The van der Waals surface area contributed by atoms with Gasteiger partial charge in [-0.3, -0.25) is 4.79 Å². The number of nitrogens with one attached hydrogen (secondary N) is 1. The van der Waals surface area contributed by atoms with Gasteiger partial charge in [-0.2, -0.15) is 0 Å². The topological polar surface area (TPSA) is 58.4 Å². The zero-order chi connectivity index (χ0) is 13.8. The molecule has 1 saturated heterocycles. The van der Waals surface area contributed by atoms with E-state index >= 15 is 0 Å². The van der Waals surface area contributed by atoms with Crippen molar-refractivity contribution >= 4 is 11.6 Å². The van der Waals surface area contributed by atoms with Gasteiger partial charge in [0.2, 0.25) is 0 Å². The molecule has 5 heteroatoms. The smallest absolute Gasteiger partial charge is 0.253 e. The maximum absolute atomic E-state index is 13.8. The Kier molecular flexibility index (Phi) is 4.37. The van der Waals surface area contributed by atoms with E-state index in [9.17, 15) is 9.18 Å². The summed E-state index contributed by atoms with van der Waals surface area (Å²) < 4.78 is 13.8. The molecule has 0 spiro atoms. The van der Waals surface area contributed by atoms with Crippen LogP contribution in [0.25, 0.3) is 0 Å². The number of benzene rings is 1. The fourth-order valence-corrected chi connectivity index (χ4v) is 2.72. The van der Waals surface area contributed by atoms with Gasteiger partial charge in [0.25, 0.3) is 5.91 Å². The van der Waals surface area contributed by atoms with E-state index in [4.69, 9.17) is 5.73 Å². The Bertz CT molecular complexity index is 458. The molecule has 0 bridgehead atoms. The predicted molar refractivity (Wildman–Crippen MR) is 73.8 cm³/mol. The quantitative estimate of drug-likeness (QED) is 0.867. The molecule has 1 aliphatic heterocycles. The normalized spacial score (nSPS) is 19.2. The first-order chi connectivity index (χ1) is 9.15. The minimum atomic E-state index is -0.713. The van der Waals surface area contributed by atoms with Crippen molar-refractivity contribution in [1.29, 1.82) is 0 Å². The first-order valence-electron chi connectivity index (χ1n) is 6.70. The van der Waals surface area contributed by atoms with Crippen molar-refractivity contribution in [2.45, 2.75) is 25.8 Å². The number of rotatable bonds is 4. The molecule has 0 saturated carbocycles. The standard InChI is InChI=1S/C14H20FN3O/c1-2-18(10-5-4-8-17-9-10)12-7-3-6-11(15)13(12)14(16)19/h3,6-7,10,17H,2,4-5,8-9H2,1H3,(H2,16,19). The summed E-state index contributed by atoms with van der Waals surface area (Å²) in [6.45, 7) is 4.59. The number of hydrogen-bond donors (Lipinski definition) is 2. The molecular formula is C14H20FN3O. The molecule has 0 aliphatic carbocycles. The fraction of sp³-hybridized carbons (Fsp3) is 0.500. The van der Waals surface area contributed by atoms with Crippen LogP contribution in [0.4, 0.5) is 10.1 Å². The summed E-state index contributed by atoms with van der Waals surface area (Å²) in [5, 5.41) is 3.33. The number of halogens is 1. The number of piperidine rings is 1. The number of nitrogens with two attached hydrogens (primary N) is 1. The van der Waals surface area contributed by atoms with Crippen LogP contribution in [0.2, 0.25) is 0 Å². The first kappa shape index (κ1) is 13.8. The van der Waals surface area contributed by atoms with Crippen LogP contribution in [0.1, 0.15) is 30.1 Å². The SMILES string of the molecule is CCN(c1cccc(F)c1C(N)=O)C1CCCNC1. The minimum absolute atomic E-state index is 0.00470. The van der Waals surface area contributed by atoms with Crippen LogP contribution < -0.4 is 16.0 Å². The molecule has 19 heavy (non-hydrogen) atoms. The number of amides is 1. The lowest BCUT2D eigenvalue weighted by Gasteiger charge is -2.36. The van der Waals surface area contributed by atoms with Crippen molar-refractivity contribution in [2.24, 2.45) is 5.73 Å². The molecular weight excluding hydrogens is 245 g/mol. The second kappa shape index (κ2) is 6.02. The molecule has 1 amide bonds. The van der Waals surface area contributed by atoms with E-state index < -0.39 is 11.7 Å². The molecule has 4 nitrogen and oxygen atoms in total. The third kappa shape index (κ3) is 2.87. The third-order valence-electron chi connectivity index (χ3n) is 3.60. The highest BCUT2D eigenvalue weighted by Gasteiger charge is 2.24. The van der Waals surface area contributed by atoms with Crippen LogP contribution in [0.3, 0.4) is 0 Å². The fourth-order valence-electron chi connectivity index (χ4n) is 2.72. The largest absolute Gasteiger partial charge is 0.367 e. The van der Waals surface area contributed by atoms with E-state index in [2.05, 4.69) is 10.2 Å². The summed E-state index contributed by atoms with van der Waals surface area (Å²) >= 11 is 0. The molecule has 0 aromatic heterocycles. The molecule has 3 N–H and O–H groups in total. The Labute approximate surface area is 112 Å². The maximum Gasteiger partial charge on any atom is 0.253 e. The summed E-state index contributed by atoms with van der Waals surface area (Å²) in [4.78, 5) is 13.6. The van der Waals surface area contributed by atoms with E-state index in [-0.39, 0.29) is 11.6 Å². The molecule has 1 fully saturated rings. The predicted octanol–water partition coefficient (Wildman–Crippen LogP) is 1.50. The van der Waals surface area contributed by atoms with Gasteiger partial charge in [-0.1, -0.05) is 6.07 Å². The van der Waals surface area contributed by atoms with Crippen LogP contribution in [0.5, 0.6) is 0 Å². The van der Waals surface area contributed by atoms with E-state index in [0.717, 1.165) is 32.5 Å². The lowest BCUT2D eigenvalue weighted by Crippen LogP contribution is -2.46. The van der Waals surface area contributed by atoms with E-state index in [1.807, 2.05) is 6.92 Å². The van der Waals surface area contributed by atoms with Gasteiger partial charge in [-0.15, -0.1) is 0 Å². The highest BCUT2D eigenvalue weighted by atomic mass is 19.1. The molecule has 1 aromatic carbocycles. The van der Waals surface area contributed by atoms with Crippen molar-refractivity contribution in [3.63, 3.8) is 0 Å². The summed E-state index contributed by atoms with van der Waals surface area (Å²) in [7, 11) is 0. The van der Waals surface area contributed by atoms with Crippen molar-refractivity contribution in [3.8, 4) is 0 Å². The van der Waals surface area contributed by atoms with Gasteiger partial charge < -0.3 is 16.0 Å². The molecule has 1 atom stereocenters. The molecule has 2 rings (SSSR count). The summed E-state index contributed by atoms with van der Waals surface area (Å²) in [6, 6.07) is 4.94. The van der Waals surface area contributed by atoms with Crippen LogP contribution in [-0.4, -0.2) is 31.6 Å². The lowest BCUT2D eigenvalue weighted by atomic mass is 10.0. The Hall–Kier alpha value is -1.62. The highest BCUT2D eigenvalue weighted by Crippen LogP contribution is 2.26. The van der Waals surface area contributed by atoms with Gasteiger partial charge in [-0.05, 0) is 38.4 Å². The zero-order valence-electron chi connectivity index (χ0n) is 11.2. The first-order valence-corrected chi connectivity index (χ1v) is 6.70.